The van der Waals surface area contributed by atoms with Gasteiger partial charge in [-0.1, -0.05) is 12.8 Å². The maximum absolute atomic E-state index is 13.8. The number of hydrogen-bond acceptors (Lipinski definition) is 7. The van der Waals surface area contributed by atoms with Crippen molar-refractivity contribution in [3.63, 3.8) is 0 Å². The summed E-state index contributed by atoms with van der Waals surface area (Å²) in [5, 5.41) is 11.0. The lowest BCUT2D eigenvalue weighted by Gasteiger charge is -2.42. The van der Waals surface area contributed by atoms with E-state index in [1.807, 2.05) is 11.8 Å². The van der Waals surface area contributed by atoms with E-state index in [1.54, 1.807) is 16.2 Å². The number of nitrogens with one attached hydrogen (secondary N) is 3. The van der Waals surface area contributed by atoms with E-state index in [-0.39, 0.29) is 48.4 Å². The van der Waals surface area contributed by atoms with Crippen LogP contribution in [0.4, 0.5) is 4.39 Å². The van der Waals surface area contributed by atoms with Crippen LogP contribution in [0.3, 0.4) is 0 Å². The van der Waals surface area contributed by atoms with Crippen molar-refractivity contribution in [3.8, 4) is 0 Å². The van der Waals surface area contributed by atoms with Crippen molar-refractivity contribution in [1.82, 2.24) is 30.7 Å². The third-order valence-electron chi connectivity index (χ3n) is 10.5. The number of hydrogen-bond donors (Lipinski definition) is 3. The van der Waals surface area contributed by atoms with Crippen LogP contribution in [-0.2, 0) is 20.8 Å². The number of fused-ring (bicyclic) bond motifs is 11. The van der Waals surface area contributed by atoms with Crippen molar-refractivity contribution in [1.29, 1.82) is 0 Å². The molecule has 0 radical (unpaired) electrons. The number of amides is 4. The van der Waals surface area contributed by atoms with E-state index in [1.165, 1.54) is 37.1 Å². The number of halogens is 1. The first-order chi connectivity index (χ1) is 22.7. The van der Waals surface area contributed by atoms with E-state index in [0.29, 0.717) is 70.0 Å². The Morgan fingerprint density at radius 1 is 0.957 bits per heavy atom. The molecular formula is C35H47FN6O4S. The van der Waals surface area contributed by atoms with Gasteiger partial charge in [-0.05, 0) is 82.6 Å². The van der Waals surface area contributed by atoms with Crippen molar-refractivity contribution < 1.29 is 23.6 Å². The summed E-state index contributed by atoms with van der Waals surface area (Å²) in [7, 11) is 0. The highest BCUT2D eigenvalue weighted by molar-refractivity contribution is 7.11. The average Bonchev–Trinajstić information content (AvgIpc) is 3.71. The number of aromatic nitrogens is 1. The first-order valence-electron chi connectivity index (χ1n) is 17.3. The lowest BCUT2D eigenvalue weighted by Crippen LogP contribution is -2.58. The molecule has 1 saturated carbocycles. The quantitative estimate of drug-likeness (QED) is 0.458. The molecular weight excluding hydrogens is 619 g/mol. The second-order valence-corrected chi connectivity index (χ2v) is 15.1. The van der Waals surface area contributed by atoms with Crippen molar-refractivity contribution in [3.05, 3.63) is 51.2 Å². The summed E-state index contributed by atoms with van der Waals surface area (Å²) in [4.78, 5) is 63.5. The molecule has 1 aromatic heterocycles. The first kappa shape index (κ1) is 33.5. The number of nitrogens with zero attached hydrogens (tertiary/aromatic N) is 3. The number of aryl methyl sites for hydroxylation is 1. The minimum atomic E-state index is -0.815. The van der Waals surface area contributed by atoms with Crippen LogP contribution >= 0.6 is 11.3 Å². The minimum absolute atomic E-state index is 0.0944. The Morgan fingerprint density at radius 3 is 2.36 bits per heavy atom. The predicted molar refractivity (Wildman–Crippen MR) is 178 cm³/mol. The molecule has 254 valence electrons. The third kappa shape index (κ3) is 8.20. The highest BCUT2D eigenvalue weighted by atomic mass is 32.1. The smallest absolute Gasteiger partial charge is 0.253 e. The minimum Gasteiger partial charge on any atom is -0.356 e. The van der Waals surface area contributed by atoms with E-state index in [0.717, 1.165) is 41.3 Å². The molecule has 3 N–H and O–H groups in total. The molecule has 47 heavy (non-hydrogen) atoms. The molecule has 5 heterocycles. The summed E-state index contributed by atoms with van der Waals surface area (Å²) in [5.74, 6) is -0.526. The lowest BCUT2D eigenvalue weighted by molar-refractivity contribution is -0.135. The molecule has 0 unspecified atom stereocenters. The van der Waals surface area contributed by atoms with Crippen LogP contribution in [0.2, 0.25) is 0 Å². The molecule has 12 heteroatoms. The molecule has 1 aliphatic carbocycles. The summed E-state index contributed by atoms with van der Waals surface area (Å²) in [6.07, 6.45) is 8.62. The lowest BCUT2D eigenvalue weighted by atomic mass is 9.83. The van der Waals surface area contributed by atoms with Gasteiger partial charge in [0.05, 0.1) is 28.7 Å². The van der Waals surface area contributed by atoms with Crippen LogP contribution in [0.5, 0.6) is 0 Å². The standard InChI is InChI=1S/C35H47FN6O4S/c1-23-29-21-30(43)40-35(14-19-42(20-15-35)33(45)25-8-10-26(36)11-9-25)22-31(44)37-16-4-7-28(38-27-5-2-3-6-27)34(46)41-17-12-24(13-18-41)32(39-29)47-23/h8-11,24,27-28,38H,2-7,12-22H2,1H3,(H,37,44)(H,40,43)/t28-/m0/s1. The fourth-order valence-corrected chi connectivity index (χ4v) is 8.77. The van der Waals surface area contributed by atoms with Gasteiger partial charge >= 0.3 is 0 Å². The van der Waals surface area contributed by atoms with E-state index in [9.17, 15) is 23.6 Å². The van der Waals surface area contributed by atoms with Crippen molar-refractivity contribution in [2.45, 2.75) is 108 Å². The number of piperidine rings is 2. The fourth-order valence-electron chi connectivity index (χ4n) is 7.67. The maximum atomic E-state index is 13.8. The zero-order chi connectivity index (χ0) is 33.0. The number of carbonyl (C=O) groups is 4. The first-order valence-corrected chi connectivity index (χ1v) is 18.1. The van der Waals surface area contributed by atoms with Crippen molar-refractivity contribution in [2.24, 2.45) is 0 Å². The van der Waals surface area contributed by atoms with Crippen LogP contribution in [0.15, 0.2) is 24.3 Å². The Balaban J connectivity index is 1.18. The van der Waals surface area contributed by atoms with E-state index in [4.69, 9.17) is 4.98 Å². The maximum Gasteiger partial charge on any atom is 0.253 e. The van der Waals surface area contributed by atoms with Gasteiger partial charge in [-0.15, -0.1) is 11.3 Å². The number of thiazole rings is 1. The van der Waals surface area contributed by atoms with Crippen molar-refractivity contribution in [2.75, 3.05) is 32.7 Å². The van der Waals surface area contributed by atoms with Crippen LogP contribution in [0, 0.1) is 12.7 Å². The SMILES string of the molecule is Cc1sc2nc1CC(=O)NC1(CCN(C(=O)c3ccc(F)cc3)CC1)CC(=O)NCCC[C@H](NC1CCCC1)C(=O)N1CCC2CC1. The molecule has 1 aromatic carbocycles. The van der Waals surface area contributed by atoms with Crippen LogP contribution < -0.4 is 16.0 Å². The molecule has 1 spiro atoms. The molecule has 4 bridgehead atoms. The zero-order valence-electron chi connectivity index (χ0n) is 27.3. The van der Waals surface area contributed by atoms with Gasteiger partial charge in [0.1, 0.15) is 5.82 Å². The third-order valence-corrected chi connectivity index (χ3v) is 11.7. The second kappa shape index (κ2) is 14.8. The molecule has 10 nitrogen and oxygen atoms in total. The molecule has 2 aromatic rings. The van der Waals surface area contributed by atoms with Crippen LogP contribution in [-0.4, -0.2) is 88.8 Å². The Hall–Kier alpha value is -3.38. The summed E-state index contributed by atoms with van der Waals surface area (Å²) in [5.41, 5.74) is 0.345. The molecule has 4 amide bonds. The highest BCUT2D eigenvalue weighted by Gasteiger charge is 2.40. The Bertz CT molecular complexity index is 1440. The van der Waals surface area contributed by atoms with Gasteiger partial charge in [-0.2, -0.15) is 0 Å². The van der Waals surface area contributed by atoms with Gasteiger partial charge in [-0.3, -0.25) is 19.2 Å². The number of rotatable bonds is 3. The topological polar surface area (TPSA) is 124 Å². The Labute approximate surface area is 280 Å². The van der Waals surface area contributed by atoms with Gasteiger partial charge in [0, 0.05) is 61.5 Å². The highest BCUT2D eigenvalue weighted by Crippen LogP contribution is 2.34. The zero-order valence-corrected chi connectivity index (χ0v) is 28.1. The summed E-state index contributed by atoms with van der Waals surface area (Å²) in [6, 6.07) is 5.59. The molecule has 3 fully saturated rings. The van der Waals surface area contributed by atoms with Gasteiger partial charge in [-0.25, -0.2) is 9.37 Å². The molecule has 4 aliphatic heterocycles. The number of likely N-dealkylation sites (tertiary alicyclic amines) is 1. The van der Waals surface area contributed by atoms with Gasteiger partial charge in [0.25, 0.3) is 5.91 Å². The van der Waals surface area contributed by atoms with Gasteiger partial charge in [0.15, 0.2) is 0 Å². The number of carbonyl (C=O) groups excluding carboxylic acids is 4. The molecule has 1 atom stereocenters. The van der Waals surface area contributed by atoms with Gasteiger partial charge in [0.2, 0.25) is 17.7 Å². The van der Waals surface area contributed by atoms with Crippen LogP contribution in [0.25, 0.3) is 0 Å². The number of benzene rings is 1. The monoisotopic (exact) mass is 666 g/mol. The van der Waals surface area contributed by atoms with E-state index < -0.39 is 11.4 Å². The van der Waals surface area contributed by atoms with Gasteiger partial charge < -0.3 is 25.8 Å². The van der Waals surface area contributed by atoms with Crippen LogP contribution in [0.1, 0.15) is 102 Å². The average molecular weight is 667 g/mol. The molecule has 2 saturated heterocycles. The predicted octanol–water partition coefficient (Wildman–Crippen LogP) is 3.83. The molecule has 7 rings (SSSR count). The molecule has 5 aliphatic rings. The Morgan fingerprint density at radius 2 is 1.66 bits per heavy atom. The van der Waals surface area contributed by atoms with E-state index in [2.05, 4.69) is 16.0 Å². The summed E-state index contributed by atoms with van der Waals surface area (Å²) < 4.78 is 13.4. The summed E-state index contributed by atoms with van der Waals surface area (Å²) >= 11 is 1.64. The normalized spacial score (nSPS) is 23.7. The van der Waals surface area contributed by atoms with Crippen molar-refractivity contribution >= 4 is 35.0 Å². The van der Waals surface area contributed by atoms with E-state index >= 15 is 0 Å². The summed E-state index contributed by atoms with van der Waals surface area (Å²) in [6.45, 7) is 4.55. The largest absolute Gasteiger partial charge is 0.356 e. The second-order valence-electron chi connectivity index (χ2n) is 13.8. The Kier molecular flexibility index (Phi) is 10.6. The fraction of sp³-hybridized carbons (Fsp3) is 0.629.